The summed E-state index contributed by atoms with van der Waals surface area (Å²) in [6, 6.07) is 56.6. The molecule has 220 valence electrons. The summed E-state index contributed by atoms with van der Waals surface area (Å²) in [5, 5.41) is 20.6. The van der Waals surface area contributed by atoms with E-state index in [-0.39, 0.29) is 0 Å². The van der Waals surface area contributed by atoms with E-state index in [4.69, 9.17) is 0 Å². The van der Waals surface area contributed by atoms with Gasteiger partial charge in [0, 0.05) is 12.4 Å². The molecule has 1 aromatic heterocycles. The second-order valence-electron chi connectivity index (χ2n) is 13.0. The fourth-order valence-corrected chi connectivity index (χ4v) is 8.70. The van der Waals surface area contributed by atoms with Gasteiger partial charge in [0.05, 0.1) is 0 Å². The lowest BCUT2D eigenvalue weighted by Crippen LogP contribution is -1.92. The zero-order valence-electron chi connectivity index (χ0n) is 26.0. The van der Waals surface area contributed by atoms with Gasteiger partial charge in [0.2, 0.25) is 0 Å². The molecule has 0 saturated carbocycles. The fourth-order valence-electron chi connectivity index (χ4n) is 8.70. The Morgan fingerprint density at radius 3 is 1.17 bits per heavy atom. The number of pyridine rings is 1. The fraction of sp³-hybridized carbons (Fsp3) is 0. The van der Waals surface area contributed by atoms with Gasteiger partial charge >= 0.3 is 0 Å². The minimum absolute atomic E-state index is 1.18. The van der Waals surface area contributed by atoms with Gasteiger partial charge in [-0.15, -0.1) is 0 Å². The highest BCUT2D eigenvalue weighted by atomic mass is 14.6. The zero-order valence-corrected chi connectivity index (χ0v) is 26.0. The first-order valence-electron chi connectivity index (χ1n) is 16.6. The molecule has 0 amide bonds. The zero-order chi connectivity index (χ0) is 31.3. The Labute approximate surface area is 276 Å². The summed E-state index contributed by atoms with van der Waals surface area (Å²) in [7, 11) is 0. The van der Waals surface area contributed by atoms with Crippen LogP contribution >= 0.6 is 0 Å². The van der Waals surface area contributed by atoms with E-state index >= 15 is 0 Å². The van der Waals surface area contributed by atoms with Gasteiger partial charge in [-0.25, -0.2) is 0 Å². The summed E-state index contributed by atoms with van der Waals surface area (Å²) < 4.78 is 0. The number of aromatic nitrogens is 1. The molecule has 0 aliphatic carbocycles. The lowest BCUT2D eigenvalue weighted by atomic mass is 9.83. The molecule has 0 unspecified atom stereocenters. The lowest BCUT2D eigenvalue weighted by Gasteiger charge is -2.20. The molecule has 0 atom stereocenters. The van der Waals surface area contributed by atoms with Gasteiger partial charge in [0.1, 0.15) is 0 Å². The van der Waals surface area contributed by atoms with E-state index in [2.05, 4.69) is 157 Å². The van der Waals surface area contributed by atoms with Crippen LogP contribution in [0.3, 0.4) is 0 Å². The molecule has 0 bridgehead atoms. The van der Waals surface area contributed by atoms with Crippen LogP contribution in [0, 0.1) is 0 Å². The van der Waals surface area contributed by atoms with Crippen LogP contribution in [0.4, 0.5) is 0 Å². The molecule has 0 aliphatic heterocycles. The number of benzene rings is 9. The van der Waals surface area contributed by atoms with Crippen LogP contribution in [0.2, 0.25) is 0 Å². The van der Waals surface area contributed by atoms with Gasteiger partial charge in [-0.1, -0.05) is 127 Å². The molecule has 0 fully saturated rings. The first-order valence-corrected chi connectivity index (χ1v) is 16.6. The highest BCUT2D eigenvalue weighted by Crippen LogP contribution is 2.48. The molecular weight excluding hydrogens is 579 g/mol. The second kappa shape index (κ2) is 9.61. The normalized spacial score (nSPS) is 12.2. The van der Waals surface area contributed by atoms with Crippen LogP contribution in [0.5, 0.6) is 0 Å². The maximum Gasteiger partial charge on any atom is 0.0273 e. The summed E-state index contributed by atoms with van der Waals surface area (Å²) >= 11 is 0. The van der Waals surface area contributed by atoms with Gasteiger partial charge in [-0.3, -0.25) is 4.98 Å². The van der Waals surface area contributed by atoms with Crippen molar-refractivity contribution in [1.82, 2.24) is 4.98 Å². The quantitative estimate of drug-likeness (QED) is 0.141. The number of fused-ring (bicyclic) bond motifs is 4. The molecule has 11 rings (SSSR count). The third-order valence-corrected chi connectivity index (χ3v) is 10.6. The predicted molar refractivity (Wildman–Crippen MR) is 206 cm³/mol. The van der Waals surface area contributed by atoms with Gasteiger partial charge in [0.15, 0.2) is 0 Å². The maximum absolute atomic E-state index is 4.33. The third kappa shape index (κ3) is 3.43. The molecule has 11 aromatic rings. The Kier molecular flexibility index (Phi) is 5.17. The molecule has 0 spiro atoms. The van der Waals surface area contributed by atoms with Crippen molar-refractivity contribution in [1.29, 1.82) is 0 Å². The molecule has 10 aromatic carbocycles. The van der Waals surface area contributed by atoms with E-state index in [9.17, 15) is 0 Å². The molecule has 48 heavy (non-hydrogen) atoms. The Bertz CT molecular complexity index is 3040. The largest absolute Gasteiger partial charge is 0.265 e. The van der Waals surface area contributed by atoms with Gasteiger partial charge in [-0.05, 0) is 133 Å². The highest BCUT2D eigenvalue weighted by Gasteiger charge is 2.20. The van der Waals surface area contributed by atoms with Crippen molar-refractivity contribution < 1.29 is 0 Å². The smallest absolute Gasteiger partial charge is 0.0273 e. The summed E-state index contributed by atoms with van der Waals surface area (Å²) in [5.41, 5.74) is 4.95. The van der Waals surface area contributed by atoms with Crippen molar-refractivity contribution in [3.8, 4) is 22.3 Å². The van der Waals surface area contributed by atoms with E-state index in [0.717, 1.165) is 0 Å². The average Bonchev–Trinajstić information content (AvgIpc) is 3.15. The molecular formula is C47H27N. The molecule has 1 heterocycles. The van der Waals surface area contributed by atoms with Crippen LogP contribution in [-0.4, -0.2) is 4.98 Å². The summed E-state index contributed by atoms with van der Waals surface area (Å²) in [5.74, 6) is 0. The van der Waals surface area contributed by atoms with E-state index in [1.807, 2.05) is 12.4 Å². The summed E-state index contributed by atoms with van der Waals surface area (Å²) in [6.07, 6.45) is 3.79. The number of nitrogens with zero attached hydrogens (tertiary/aromatic N) is 1. The van der Waals surface area contributed by atoms with E-state index in [1.165, 1.54) is 108 Å². The maximum atomic E-state index is 4.33. The standard InChI is InChI=1S/C47H27N/c1-3-13-36-34(11-1)42(31-22-24-48-25-23-31)35-12-2-4-14-37(35)43(36)33-26-32-21-20-30-9-6-16-39-38-15-5-8-28-18-19-29-10-7-17-40(46(29)44(28)38)41(27-33)47(32)45(30)39/h1-27H. The van der Waals surface area contributed by atoms with Crippen LogP contribution < -0.4 is 0 Å². The topological polar surface area (TPSA) is 12.9 Å². The SMILES string of the molecule is c1ccc2c(-c3cc4ccc5cccc6c7cccc8ccc9cccc(c(c3)c4c56)c9c87)c3ccccc3c(-c3ccncc3)c2c1. The van der Waals surface area contributed by atoms with Gasteiger partial charge in [0.25, 0.3) is 0 Å². The van der Waals surface area contributed by atoms with Crippen molar-refractivity contribution in [3.63, 3.8) is 0 Å². The van der Waals surface area contributed by atoms with E-state index in [0.29, 0.717) is 0 Å². The van der Waals surface area contributed by atoms with E-state index < -0.39 is 0 Å². The Hall–Kier alpha value is -6.31. The minimum Gasteiger partial charge on any atom is -0.265 e. The second-order valence-corrected chi connectivity index (χ2v) is 13.0. The first kappa shape index (κ1) is 25.8. The summed E-state index contributed by atoms with van der Waals surface area (Å²) in [6.45, 7) is 0. The molecule has 0 radical (unpaired) electrons. The Balaban J connectivity index is 1.40. The van der Waals surface area contributed by atoms with Crippen LogP contribution in [-0.2, 0) is 0 Å². The first-order chi connectivity index (χ1) is 23.8. The monoisotopic (exact) mass is 605 g/mol. The average molecular weight is 606 g/mol. The molecule has 0 aliphatic rings. The lowest BCUT2D eigenvalue weighted by molar-refractivity contribution is 1.33. The number of rotatable bonds is 2. The van der Waals surface area contributed by atoms with Crippen molar-refractivity contribution >= 4 is 86.2 Å². The number of hydrogen-bond donors (Lipinski definition) is 0. The molecule has 0 N–H and O–H groups in total. The van der Waals surface area contributed by atoms with Crippen molar-refractivity contribution in [3.05, 3.63) is 164 Å². The predicted octanol–water partition coefficient (Wildman–Crippen LogP) is 13.1. The van der Waals surface area contributed by atoms with Crippen molar-refractivity contribution in [2.45, 2.75) is 0 Å². The Morgan fingerprint density at radius 1 is 0.271 bits per heavy atom. The van der Waals surface area contributed by atoms with Crippen LogP contribution in [0.25, 0.3) is 108 Å². The van der Waals surface area contributed by atoms with E-state index in [1.54, 1.807) is 0 Å². The van der Waals surface area contributed by atoms with Crippen molar-refractivity contribution in [2.24, 2.45) is 0 Å². The Morgan fingerprint density at radius 2 is 0.667 bits per heavy atom. The van der Waals surface area contributed by atoms with Gasteiger partial charge in [-0.2, -0.15) is 0 Å². The van der Waals surface area contributed by atoms with Crippen LogP contribution in [0.1, 0.15) is 0 Å². The minimum atomic E-state index is 1.18. The molecule has 1 nitrogen and oxygen atoms in total. The van der Waals surface area contributed by atoms with Gasteiger partial charge < -0.3 is 0 Å². The third-order valence-electron chi connectivity index (χ3n) is 10.6. The molecule has 1 heteroatoms. The number of hydrogen-bond acceptors (Lipinski definition) is 1. The highest BCUT2D eigenvalue weighted by molar-refractivity contribution is 6.37. The molecule has 0 saturated heterocycles. The summed E-state index contributed by atoms with van der Waals surface area (Å²) in [4.78, 5) is 4.33. The van der Waals surface area contributed by atoms with Crippen molar-refractivity contribution in [2.75, 3.05) is 0 Å². The van der Waals surface area contributed by atoms with Crippen LogP contribution in [0.15, 0.2) is 164 Å².